The van der Waals surface area contributed by atoms with Crippen LogP contribution in [0.3, 0.4) is 0 Å². The van der Waals surface area contributed by atoms with Gasteiger partial charge in [0.2, 0.25) is 23.6 Å². The Morgan fingerprint density at radius 1 is 0.721 bits per heavy atom. The van der Waals surface area contributed by atoms with Gasteiger partial charge in [0.1, 0.15) is 11.5 Å². The lowest BCUT2D eigenvalue weighted by molar-refractivity contribution is -0.126. The molecule has 6 unspecified atom stereocenters. The molecule has 3 fully saturated rings. The maximum absolute atomic E-state index is 14.2. The van der Waals surface area contributed by atoms with Crippen LogP contribution in [-0.4, -0.2) is 35.8 Å². The van der Waals surface area contributed by atoms with Gasteiger partial charge in [-0.25, -0.2) is 0 Å². The Balaban J connectivity index is 1.35. The van der Waals surface area contributed by atoms with E-state index < -0.39 is 35.5 Å². The molecule has 3 aromatic rings. The first kappa shape index (κ1) is 28.0. The van der Waals surface area contributed by atoms with E-state index in [1.807, 2.05) is 6.08 Å². The quantitative estimate of drug-likeness (QED) is 0.265. The maximum Gasteiger partial charge on any atom is 0.238 e. The van der Waals surface area contributed by atoms with Gasteiger partial charge in [-0.2, -0.15) is 0 Å². The van der Waals surface area contributed by atoms with Crippen molar-refractivity contribution in [2.45, 2.75) is 18.8 Å². The van der Waals surface area contributed by atoms with Crippen molar-refractivity contribution in [1.29, 1.82) is 0 Å². The molecule has 0 aromatic heterocycles. The Morgan fingerprint density at radius 3 is 1.86 bits per heavy atom. The second kappa shape index (κ2) is 10.4. The molecule has 0 spiro atoms. The lowest BCUT2D eigenvalue weighted by atomic mass is 9.57. The molecule has 4 amide bonds. The van der Waals surface area contributed by atoms with Crippen LogP contribution >= 0.6 is 31.9 Å². The number of allylic oxidation sites excluding steroid dienone is 2. The molecule has 2 saturated heterocycles. The molecule has 2 aliphatic carbocycles. The van der Waals surface area contributed by atoms with Crippen molar-refractivity contribution in [1.82, 2.24) is 0 Å². The van der Waals surface area contributed by atoms with Crippen LogP contribution in [0.4, 0.5) is 11.4 Å². The smallest absolute Gasteiger partial charge is 0.238 e. The fourth-order valence-electron chi connectivity index (χ4n) is 7.53. The van der Waals surface area contributed by atoms with Crippen LogP contribution in [0.1, 0.15) is 24.3 Å². The molecule has 10 heteroatoms. The number of aromatic hydroxyl groups is 1. The fourth-order valence-corrected chi connectivity index (χ4v) is 8.06. The monoisotopic (exact) mass is 704 g/mol. The number of carbonyl (C=O) groups excluding carboxylic acids is 4. The molecule has 1 N–H and O–H groups in total. The van der Waals surface area contributed by atoms with Crippen molar-refractivity contribution in [3.8, 4) is 11.5 Å². The highest BCUT2D eigenvalue weighted by molar-refractivity contribution is 9.10. The molecule has 43 heavy (non-hydrogen) atoms. The van der Waals surface area contributed by atoms with Gasteiger partial charge in [-0.05, 0) is 85.5 Å². The number of carbonyl (C=O) groups is 4. The molecular weight excluding hydrogens is 680 g/mol. The van der Waals surface area contributed by atoms with Crippen molar-refractivity contribution in [2.75, 3.05) is 16.9 Å². The van der Waals surface area contributed by atoms with Gasteiger partial charge in [0.15, 0.2) is 0 Å². The summed E-state index contributed by atoms with van der Waals surface area (Å²) in [6.45, 7) is 0. The second-order valence-corrected chi connectivity index (χ2v) is 13.3. The predicted octanol–water partition coefficient (Wildman–Crippen LogP) is 5.97. The summed E-state index contributed by atoms with van der Waals surface area (Å²) < 4.78 is 7.11. The van der Waals surface area contributed by atoms with Gasteiger partial charge in [-0.1, -0.05) is 43.5 Å². The van der Waals surface area contributed by atoms with E-state index >= 15 is 0 Å². The third-order valence-corrected chi connectivity index (χ3v) is 10.4. The van der Waals surface area contributed by atoms with Crippen molar-refractivity contribution in [3.05, 3.63) is 92.9 Å². The number of hydrogen-bond donors (Lipinski definition) is 1. The maximum atomic E-state index is 14.2. The Hall–Kier alpha value is -3.76. The summed E-state index contributed by atoms with van der Waals surface area (Å²) in [5.41, 5.74) is 2.23. The van der Waals surface area contributed by atoms with Crippen LogP contribution in [0, 0.1) is 29.6 Å². The lowest BCUT2D eigenvalue weighted by Crippen LogP contribution is -2.43. The zero-order valence-electron chi connectivity index (χ0n) is 22.9. The van der Waals surface area contributed by atoms with Crippen LogP contribution in [0.2, 0.25) is 0 Å². The Bertz CT molecular complexity index is 1720. The fraction of sp³-hybridized carbons (Fsp3) is 0.273. The third-order valence-electron chi connectivity index (χ3n) is 9.39. The zero-order valence-corrected chi connectivity index (χ0v) is 26.1. The van der Waals surface area contributed by atoms with Crippen LogP contribution in [-0.2, 0) is 19.2 Å². The van der Waals surface area contributed by atoms with Crippen LogP contribution < -0.4 is 14.5 Å². The molecule has 0 radical (unpaired) electrons. The molecule has 4 aliphatic rings. The van der Waals surface area contributed by atoms with E-state index in [4.69, 9.17) is 4.74 Å². The Kier molecular flexibility index (Phi) is 6.81. The molecule has 218 valence electrons. The summed E-state index contributed by atoms with van der Waals surface area (Å²) in [5.74, 6) is -4.72. The van der Waals surface area contributed by atoms with Gasteiger partial charge in [0.05, 0.1) is 42.2 Å². The van der Waals surface area contributed by atoms with E-state index in [0.29, 0.717) is 29.1 Å². The van der Waals surface area contributed by atoms with E-state index in [0.717, 1.165) is 14.5 Å². The molecule has 6 atom stereocenters. The number of phenols is 1. The second-order valence-electron chi connectivity index (χ2n) is 11.4. The first-order chi connectivity index (χ1) is 20.7. The van der Waals surface area contributed by atoms with E-state index in [-0.39, 0.29) is 35.8 Å². The molecule has 2 heterocycles. The number of amides is 4. The van der Waals surface area contributed by atoms with Crippen molar-refractivity contribution in [2.24, 2.45) is 29.6 Å². The van der Waals surface area contributed by atoms with Gasteiger partial charge in [-0.15, -0.1) is 0 Å². The first-order valence-electron chi connectivity index (χ1n) is 14.0. The number of fused-ring (bicyclic) bond motifs is 4. The summed E-state index contributed by atoms with van der Waals surface area (Å²) in [4.78, 5) is 58.5. The zero-order chi connectivity index (χ0) is 30.2. The number of phenolic OH excluding ortho intramolecular Hbond substituents is 1. The molecular formula is C33H26Br2N2O6. The van der Waals surface area contributed by atoms with Crippen LogP contribution in [0.5, 0.6) is 11.5 Å². The number of halogens is 2. The average molecular weight is 706 g/mol. The van der Waals surface area contributed by atoms with E-state index in [2.05, 4.69) is 31.9 Å². The number of hydrogen-bond acceptors (Lipinski definition) is 6. The molecule has 7 rings (SSSR count). The number of rotatable bonds is 4. The standard InChI is InChI=1S/C33H26Br2N2O6/c1-43-20-10-13-26(38)24(14-20)27-21-11-12-22-28(32(41)36(30(22)39)18-6-2-16(34)3-7-18)23(21)15-25-29(27)33(42)37(31(25)40)19-8-4-17(35)5-9-19/h2-11,13-14,22-23,25,27-29,38H,12,15H2,1H3. The minimum Gasteiger partial charge on any atom is -0.508 e. The van der Waals surface area contributed by atoms with Gasteiger partial charge >= 0.3 is 0 Å². The van der Waals surface area contributed by atoms with Crippen molar-refractivity contribution >= 4 is 66.9 Å². The van der Waals surface area contributed by atoms with Gasteiger partial charge in [0, 0.05) is 20.4 Å². The molecule has 0 bridgehead atoms. The van der Waals surface area contributed by atoms with Crippen molar-refractivity contribution < 1.29 is 29.0 Å². The molecule has 8 nitrogen and oxygen atoms in total. The number of nitrogens with zero attached hydrogens (tertiary/aromatic N) is 2. The first-order valence-corrected chi connectivity index (χ1v) is 15.6. The van der Waals surface area contributed by atoms with E-state index in [1.165, 1.54) is 23.0 Å². The highest BCUT2D eigenvalue weighted by Crippen LogP contribution is 2.59. The number of imide groups is 2. The van der Waals surface area contributed by atoms with E-state index in [1.54, 1.807) is 60.7 Å². The minimum atomic E-state index is -0.789. The predicted molar refractivity (Wildman–Crippen MR) is 165 cm³/mol. The van der Waals surface area contributed by atoms with Gasteiger partial charge in [-0.3, -0.25) is 29.0 Å². The normalized spacial score (nSPS) is 28.0. The summed E-state index contributed by atoms with van der Waals surface area (Å²) in [6, 6.07) is 18.9. The highest BCUT2D eigenvalue weighted by Gasteiger charge is 2.62. The number of anilines is 2. The lowest BCUT2D eigenvalue weighted by Gasteiger charge is -2.44. The summed E-state index contributed by atoms with van der Waals surface area (Å²) >= 11 is 6.81. The average Bonchev–Trinajstić information content (AvgIpc) is 3.41. The molecule has 1 saturated carbocycles. The largest absolute Gasteiger partial charge is 0.508 e. The number of ether oxygens (including phenoxy) is 1. The summed E-state index contributed by atoms with van der Waals surface area (Å²) in [5, 5.41) is 11.1. The Labute approximate surface area is 264 Å². The highest BCUT2D eigenvalue weighted by atomic mass is 79.9. The number of methoxy groups -OCH3 is 1. The number of benzene rings is 3. The molecule has 2 aliphatic heterocycles. The molecule has 3 aromatic carbocycles. The summed E-state index contributed by atoms with van der Waals surface area (Å²) in [6.07, 6.45) is 2.54. The van der Waals surface area contributed by atoms with Gasteiger partial charge < -0.3 is 9.84 Å². The van der Waals surface area contributed by atoms with Crippen LogP contribution in [0.25, 0.3) is 0 Å². The van der Waals surface area contributed by atoms with E-state index in [9.17, 15) is 24.3 Å². The summed E-state index contributed by atoms with van der Waals surface area (Å²) in [7, 11) is 1.52. The van der Waals surface area contributed by atoms with Crippen molar-refractivity contribution in [3.63, 3.8) is 0 Å². The van der Waals surface area contributed by atoms with Gasteiger partial charge in [0.25, 0.3) is 0 Å². The Morgan fingerprint density at radius 2 is 1.28 bits per heavy atom. The third kappa shape index (κ3) is 4.29. The minimum absolute atomic E-state index is 0.0270. The topological polar surface area (TPSA) is 104 Å². The SMILES string of the molecule is COc1ccc(O)c(C2C3=CCC4C(=O)N(c5ccc(Br)cc5)C(=O)C4C3CC3C(=O)N(c4ccc(Br)cc4)C(=O)C32)c1. The van der Waals surface area contributed by atoms with Crippen LogP contribution in [0.15, 0.2) is 87.3 Å².